The number of aromatic amines is 1. The van der Waals surface area contributed by atoms with Gasteiger partial charge in [-0.15, -0.1) is 0 Å². The number of piperazine rings is 1. The van der Waals surface area contributed by atoms with Crippen LogP contribution in [0.3, 0.4) is 0 Å². The summed E-state index contributed by atoms with van der Waals surface area (Å²) in [5, 5.41) is 3.33. The molecule has 0 atom stereocenters. The monoisotopic (exact) mass is 260 g/mol. The van der Waals surface area contributed by atoms with Gasteiger partial charge in [0.05, 0.1) is 18.1 Å². The summed E-state index contributed by atoms with van der Waals surface area (Å²) in [6.07, 6.45) is 0. The number of nitrogens with zero attached hydrogens (tertiary/aromatic N) is 2. The van der Waals surface area contributed by atoms with Crippen molar-refractivity contribution in [1.82, 2.24) is 15.3 Å². The van der Waals surface area contributed by atoms with Gasteiger partial charge in [-0.1, -0.05) is 0 Å². The summed E-state index contributed by atoms with van der Waals surface area (Å²) in [6, 6.07) is 5.99. The molecule has 1 fully saturated rings. The first-order chi connectivity index (χ1) is 9.28. The molecule has 0 unspecified atom stereocenters. The highest BCUT2D eigenvalue weighted by Gasteiger charge is 2.14. The van der Waals surface area contributed by atoms with Gasteiger partial charge in [0.1, 0.15) is 0 Å². The zero-order chi connectivity index (χ0) is 13.2. The van der Waals surface area contributed by atoms with Gasteiger partial charge >= 0.3 is 5.97 Å². The zero-order valence-corrected chi connectivity index (χ0v) is 10.8. The Morgan fingerprint density at radius 2 is 2.16 bits per heavy atom. The molecule has 1 aromatic carbocycles. The largest absolute Gasteiger partial charge is 0.463 e. The van der Waals surface area contributed by atoms with E-state index in [-0.39, 0.29) is 5.82 Å². The molecule has 100 valence electrons. The van der Waals surface area contributed by atoms with Crippen LogP contribution < -0.4 is 10.2 Å². The van der Waals surface area contributed by atoms with Gasteiger partial charge in [-0.25, -0.2) is 9.78 Å². The van der Waals surface area contributed by atoms with E-state index in [9.17, 15) is 4.79 Å². The standard InChI is InChI=1S/C13H16N4O2/c1-19-13(18)12-15-10-3-2-9(8-11(10)16-12)17-6-4-14-5-7-17/h2-3,8,14H,4-7H2,1H3,(H,15,16). The minimum atomic E-state index is -0.445. The molecule has 19 heavy (non-hydrogen) atoms. The highest BCUT2D eigenvalue weighted by molar-refractivity contribution is 5.91. The van der Waals surface area contributed by atoms with E-state index >= 15 is 0 Å². The van der Waals surface area contributed by atoms with Crippen molar-refractivity contribution in [1.29, 1.82) is 0 Å². The van der Waals surface area contributed by atoms with Crippen LogP contribution in [-0.2, 0) is 4.74 Å². The van der Waals surface area contributed by atoms with Crippen molar-refractivity contribution < 1.29 is 9.53 Å². The van der Waals surface area contributed by atoms with Gasteiger partial charge in [-0.2, -0.15) is 0 Å². The van der Waals surface area contributed by atoms with Crippen molar-refractivity contribution >= 4 is 22.7 Å². The van der Waals surface area contributed by atoms with Gasteiger partial charge in [0.15, 0.2) is 0 Å². The maximum absolute atomic E-state index is 11.4. The lowest BCUT2D eigenvalue weighted by molar-refractivity contribution is 0.0588. The Morgan fingerprint density at radius 3 is 2.89 bits per heavy atom. The third-order valence-electron chi connectivity index (χ3n) is 3.33. The van der Waals surface area contributed by atoms with Crippen LogP contribution in [0, 0.1) is 0 Å². The summed E-state index contributed by atoms with van der Waals surface area (Å²) >= 11 is 0. The molecule has 0 radical (unpaired) electrons. The molecule has 6 nitrogen and oxygen atoms in total. The summed E-state index contributed by atoms with van der Waals surface area (Å²) in [6.45, 7) is 3.97. The Balaban J connectivity index is 1.93. The number of methoxy groups -OCH3 is 1. The highest BCUT2D eigenvalue weighted by Crippen LogP contribution is 2.21. The van der Waals surface area contributed by atoms with Gasteiger partial charge < -0.3 is 19.9 Å². The molecule has 1 aliphatic rings. The number of carbonyl (C=O) groups is 1. The predicted octanol–water partition coefficient (Wildman–Crippen LogP) is 0.759. The number of aromatic nitrogens is 2. The average Bonchev–Trinajstić information content (AvgIpc) is 2.90. The van der Waals surface area contributed by atoms with Gasteiger partial charge in [-0.05, 0) is 18.2 Å². The zero-order valence-electron chi connectivity index (χ0n) is 10.8. The Labute approximate surface area is 110 Å². The van der Waals surface area contributed by atoms with Gasteiger partial charge in [0.2, 0.25) is 5.82 Å². The van der Waals surface area contributed by atoms with E-state index in [1.54, 1.807) is 0 Å². The number of fused-ring (bicyclic) bond motifs is 1. The molecule has 3 rings (SSSR count). The van der Waals surface area contributed by atoms with E-state index in [1.807, 2.05) is 18.2 Å². The SMILES string of the molecule is COC(=O)c1nc2ccc(N3CCNCC3)cc2[nH]1. The molecule has 0 bridgehead atoms. The molecule has 2 aromatic rings. The lowest BCUT2D eigenvalue weighted by atomic mass is 10.2. The van der Waals surface area contributed by atoms with Crippen molar-refractivity contribution in [3.63, 3.8) is 0 Å². The highest BCUT2D eigenvalue weighted by atomic mass is 16.5. The van der Waals surface area contributed by atoms with E-state index in [2.05, 4.69) is 24.9 Å². The minimum Gasteiger partial charge on any atom is -0.463 e. The fraction of sp³-hybridized carbons (Fsp3) is 0.385. The predicted molar refractivity (Wildman–Crippen MR) is 72.5 cm³/mol. The number of benzene rings is 1. The van der Waals surface area contributed by atoms with Crippen LogP contribution in [0.5, 0.6) is 0 Å². The number of anilines is 1. The second-order valence-electron chi connectivity index (χ2n) is 4.52. The molecule has 1 aliphatic heterocycles. The Hall–Kier alpha value is -2.08. The molecule has 1 aromatic heterocycles. The number of ether oxygens (including phenoxy) is 1. The van der Waals surface area contributed by atoms with E-state index in [0.29, 0.717) is 0 Å². The van der Waals surface area contributed by atoms with Crippen molar-refractivity contribution in [2.75, 3.05) is 38.2 Å². The van der Waals surface area contributed by atoms with Crippen molar-refractivity contribution in [3.05, 3.63) is 24.0 Å². The van der Waals surface area contributed by atoms with Crippen molar-refractivity contribution in [2.45, 2.75) is 0 Å². The number of hydrogen-bond acceptors (Lipinski definition) is 5. The van der Waals surface area contributed by atoms with Crippen LogP contribution in [0.2, 0.25) is 0 Å². The number of H-pyrrole nitrogens is 1. The average molecular weight is 260 g/mol. The first kappa shape index (κ1) is 12.0. The molecular formula is C13H16N4O2. The molecule has 1 saturated heterocycles. The first-order valence-corrected chi connectivity index (χ1v) is 6.31. The Kier molecular flexibility index (Phi) is 3.08. The topological polar surface area (TPSA) is 70.2 Å². The molecular weight excluding hydrogens is 244 g/mol. The fourth-order valence-electron chi connectivity index (χ4n) is 2.31. The molecule has 0 saturated carbocycles. The van der Waals surface area contributed by atoms with E-state index in [0.717, 1.165) is 42.9 Å². The normalized spacial score (nSPS) is 15.7. The summed E-state index contributed by atoms with van der Waals surface area (Å²) in [7, 11) is 1.35. The van der Waals surface area contributed by atoms with Crippen LogP contribution >= 0.6 is 0 Å². The van der Waals surface area contributed by atoms with Gasteiger partial charge in [0, 0.05) is 31.9 Å². The second kappa shape index (κ2) is 4.89. The summed E-state index contributed by atoms with van der Waals surface area (Å²) in [5.74, 6) is -0.199. The third kappa shape index (κ3) is 2.26. The molecule has 6 heteroatoms. The quantitative estimate of drug-likeness (QED) is 0.780. The smallest absolute Gasteiger partial charge is 0.374 e. The fourth-order valence-corrected chi connectivity index (χ4v) is 2.31. The Morgan fingerprint density at radius 1 is 1.37 bits per heavy atom. The van der Waals surface area contributed by atoms with Crippen molar-refractivity contribution in [2.24, 2.45) is 0 Å². The van der Waals surface area contributed by atoms with Crippen LogP contribution in [-0.4, -0.2) is 49.2 Å². The minimum absolute atomic E-state index is 0.245. The maximum atomic E-state index is 11.4. The van der Waals surface area contributed by atoms with Gasteiger partial charge in [-0.3, -0.25) is 0 Å². The number of hydrogen-bond donors (Lipinski definition) is 2. The maximum Gasteiger partial charge on any atom is 0.374 e. The molecule has 0 spiro atoms. The number of nitrogens with one attached hydrogen (secondary N) is 2. The molecule has 2 N–H and O–H groups in total. The summed E-state index contributed by atoms with van der Waals surface area (Å²) < 4.78 is 4.66. The van der Waals surface area contributed by atoms with E-state index < -0.39 is 5.97 Å². The van der Waals surface area contributed by atoms with E-state index in [1.165, 1.54) is 7.11 Å². The number of carbonyl (C=O) groups excluding carboxylic acids is 1. The number of imidazole rings is 1. The molecule has 2 heterocycles. The summed E-state index contributed by atoms with van der Waals surface area (Å²) in [5.41, 5.74) is 2.78. The first-order valence-electron chi connectivity index (χ1n) is 6.31. The lowest BCUT2D eigenvalue weighted by Gasteiger charge is -2.29. The van der Waals surface area contributed by atoms with Gasteiger partial charge in [0.25, 0.3) is 0 Å². The van der Waals surface area contributed by atoms with Crippen LogP contribution in [0.1, 0.15) is 10.6 Å². The third-order valence-corrected chi connectivity index (χ3v) is 3.33. The number of esters is 1. The van der Waals surface area contributed by atoms with E-state index in [4.69, 9.17) is 0 Å². The second-order valence-corrected chi connectivity index (χ2v) is 4.52. The Bertz CT molecular complexity index is 602. The number of rotatable bonds is 2. The lowest BCUT2D eigenvalue weighted by Crippen LogP contribution is -2.43. The molecule has 0 aliphatic carbocycles. The van der Waals surface area contributed by atoms with Crippen LogP contribution in [0.4, 0.5) is 5.69 Å². The molecule has 0 amide bonds. The summed E-state index contributed by atoms with van der Waals surface area (Å²) in [4.78, 5) is 21.0. The van der Waals surface area contributed by atoms with Crippen molar-refractivity contribution in [3.8, 4) is 0 Å². The van der Waals surface area contributed by atoms with Crippen LogP contribution in [0.15, 0.2) is 18.2 Å². The van der Waals surface area contributed by atoms with Crippen LogP contribution in [0.25, 0.3) is 11.0 Å².